The number of azo groups is 1. The van der Waals surface area contributed by atoms with Crippen LogP contribution in [0.25, 0.3) is 90.9 Å². The van der Waals surface area contributed by atoms with Crippen LogP contribution in [-0.2, 0) is 6.42 Å². The molecule has 0 atom stereocenters. The van der Waals surface area contributed by atoms with Crippen LogP contribution >= 0.6 is 0 Å². The second-order valence-corrected chi connectivity index (χ2v) is 41.3. The highest BCUT2D eigenvalue weighted by Gasteiger charge is 2.23. The van der Waals surface area contributed by atoms with E-state index >= 15 is 0 Å². The smallest absolute Gasteiger partial charge is 0.0857 e. The SMILES string of the molecule is CCCCCCCCCCCCCCc1ccc(N=Nc2ccc(-c3c4nc(c(-c5ccc([Si](C)(C)C)cc5)c5ccc([nH]5)c(-c5ccc([Si](C)(C)C)cc5)c5nc(c(-c6ccc([Si](C)(C)C)cc6)c6ccc3[nH]6)C=C5)C=C4)cc2)cc1. The molecule has 0 amide bonds. The predicted octanol–water partition coefficient (Wildman–Crippen LogP) is 20.6. The minimum absolute atomic E-state index is 0.792. The molecular weight excluding hydrogens is 1050 g/mol. The number of hydrogen-bond acceptors (Lipinski definition) is 4. The average molecular weight is 1130 g/mol. The molecular formula is C73H86N6Si3. The van der Waals surface area contributed by atoms with Gasteiger partial charge < -0.3 is 9.97 Å². The lowest BCUT2D eigenvalue weighted by molar-refractivity contribution is 0.544. The lowest BCUT2D eigenvalue weighted by Gasteiger charge is -2.17. The van der Waals surface area contributed by atoms with Crippen LogP contribution in [0.2, 0.25) is 58.9 Å². The van der Waals surface area contributed by atoms with E-state index in [9.17, 15) is 0 Å². The molecule has 2 aliphatic heterocycles. The van der Waals surface area contributed by atoms with Crippen molar-refractivity contribution in [3.05, 3.63) is 174 Å². The molecule has 0 radical (unpaired) electrons. The lowest BCUT2D eigenvalue weighted by atomic mass is 10.0. The van der Waals surface area contributed by atoms with Crippen molar-refractivity contribution in [2.45, 2.75) is 149 Å². The molecule has 3 aromatic heterocycles. The lowest BCUT2D eigenvalue weighted by Crippen LogP contribution is -2.37. The van der Waals surface area contributed by atoms with Crippen molar-refractivity contribution in [3.8, 4) is 44.5 Å². The normalized spacial score (nSPS) is 12.8. The first-order chi connectivity index (χ1) is 39.5. The van der Waals surface area contributed by atoms with E-state index in [0.717, 1.165) is 107 Å². The van der Waals surface area contributed by atoms with Crippen LogP contribution in [0.4, 0.5) is 11.4 Å². The molecule has 82 heavy (non-hydrogen) atoms. The molecule has 0 fully saturated rings. The molecule has 8 bridgehead atoms. The minimum atomic E-state index is -1.56. The fourth-order valence-electron chi connectivity index (χ4n) is 11.5. The molecule has 0 aliphatic carbocycles. The van der Waals surface area contributed by atoms with Gasteiger partial charge in [-0.15, -0.1) is 0 Å². The second kappa shape index (κ2) is 25.6. The molecule has 2 aliphatic rings. The first-order valence-corrected chi connectivity index (χ1v) is 41.1. The van der Waals surface area contributed by atoms with Gasteiger partial charge in [-0.2, -0.15) is 10.2 Å². The van der Waals surface area contributed by atoms with Crippen LogP contribution < -0.4 is 15.6 Å². The van der Waals surface area contributed by atoms with Gasteiger partial charge in [-0.1, -0.05) is 249 Å². The maximum Gasteiger partial charge on any atom is 0.0857 e. The van der Waals surface area contributed by atoms with Gasteiger partial charge in [0.15, 0.2) is 0 Å². The average Bonchev–Trinajstić information content (AvgIpc) is 4.50. The highest BCUT2D eigenvalue weighted by Crippen LogP contribution is 2.39. The highest BCUT2D eigenvalue weighted by molar-refractivity contribution is 6.89. The van der Waals surface area contributed by atoms with Crippen molar-refractivity contribution in [2.24, 2.45) is 10.2 Å². The first kappa shape index (κ1) is 58.2. The van der Waals surface area contributed by atoms with Gasteiger partial charge in [0.25, 0.3) is 0 Å². The number of hydrogen-bond donors (Lipinski definition) is 2. The zero-order valence-corrected chi connectivity index (χ0v) is 53.6. The molecule has 10 rings (SSSR count). The van der Waals surface area contributed by atoms with Gasteiger partial charge in [0, 0.05) is 44.3 Å². The summed E-state index contributed by atoms with van der Waals surface area (Å²) in [5.74, 6) is 0. The number of unbranched alkanes of at least 4 members (excludes halogenated alkanes) is 11. The van der Waals surface area contributed by atoms with Gasteiger partial charge in [0.05, 0.1) is 58.4 Å². The number of rotatable bonds is 22. The van der Waals surface area contributed by atoms with Crippen molar-refractivity contribution >= 4 is 97.5 Å². The van der Waals surface area contributed by atoms with Gasteiger partial charge in [-0.3, -0.25) is 0 Å². The Bertz CT molecular complexity index is 3690. The third kappa shape index (κ3) is 14.0. The minimum Gasteiger partial charge on any atom is -0.354 e. The molecule has 8 aromatic rings. The van der Waals surface area contributed by atoms with E-state index < -0.39 is 24.2 Å². The Morgan fingerprint density at radius 3 is 0.878 bits per heavy atom. The number of fused-ring (bicyclic) bond motifs is 8. The number of benzene rings is 5. The first-order valence-electron chi connectivity index (χ1n) is 30.6. The molecule has 6 nitrogen and oxygen atoms in total. The molecule has 9 heteroatoms. The van der Waals surface area contributed by atoms with E-state index in [2.05, 4.69) is 246 Å². The van der Waals surface area contributed by atoms with E-state index in [4.69, 9.17) is 20.2 Å². The Morgan fingerprint density at radius 2 is 0.585 bits per heavy atom. The summed E-state index contributed by atoms with van der Waals surface area (Å²) >= 11 is 0. The highest BCUT2D eigenvalue weighted by atomic mass is 28.3. The predicted molar refractivity (Wildman–Crippen MR) is 365 cm³/mol. The van der Waals surface area contributed by atoms with E-state index in [-0.39, 0.29) is 0 Å². The quantitative estimate of drug-likeness (QED) is 0.0403. The monoisotopic (exact) mass is 1130 g/mol. The number of aromatic amines is 2. The Hall–Kier alpha value is -7.05. The Balaban J connectivity index is 1.04. The maximum atomic E-state index is 5.62. The van der Waals surface area contributed by atoms with Crippen molar-refractivity contribution in [1.29, 1.82) is 0 Å². The summed E-state index contributed by atoms with van der Waals surface area (Å²) in [6.07, 6.45) is 26.3. The molecule has 0 saturated carbocycles. The van der Waals surface area contributed by atoms with Crippen molar-refractivity contribution in [1.82, 2.24) is 19.9 Å². The van der Waals surface area contributed by atoms with Gasteiger partial charge >= 0.3 is 0 Å². The van der Waals surface area contributed by atoms with Crippen molar-refractivity contribution in [2.75, 3.05) is 0 Å². The van der Waals surface area contributed by atoms with Crippen LogP contribution in [0.1, 0.15) is 112 Å². The molecule has 0 spiro atoms. The third-order valence-corrected chi connectivity index (χ3v) is 22.8. The van der Waals surface area contributed by atoms with Crippen LogP contribution in [-0.4, -0.2) is 44.2 Å². The van der Waals surface area contributed by atoms with Crippen LogP contribution in [0, 0.1) is 0 Å². The van der Waals surface area contributed by atoms with E-state index in [1.165, 1.54) is 98.2 Å². The second-order valence-electron chi connectivity index (χ2n) is 26.0. The summed E-state index contributed by atoms with van der Waals surface area (Å²) in [7, 11) is -4.68. The summed E-state index contributed by atoms with van der Waals surface area (Å²) in [5.41, 5.74) is 19.1. The zero-order valence-electron chi connectivity index (χ0n) is 50.6. The molecule has 0 saturated heterocycles. The molecule has 5 aromatic carbocycles. The number of aryl methyl sites for hydroxylation is 1. The van der Waals surface area contributed by atoms with E-state index in [1.807, 2.05) is 0 Å². The van der Waals surface area contributed by atoms with Gasteiger partial charge in [0.2, 0.25) is 0 Å². The molecule has 0 unspecified atom stereocenters. The third-order valence-electron chi connectivity index (χ3n) is 16.6. The number of H-pyrrole nitrogens is 2. The molecule has 2 N–H and O–H groups in total. The summed E-state index contributed by atoms with van der Waals surface area (Å²) in [6, 6.07) is 53.7. The number of nitrogens with zero attached hydrogens (tertiary/aromatic N) is 4. The van der Waals surface area contributed by atoms with Crippen LogP contribution in [0.3, 0.4) is 0 Å². The Labute approximate surface area is 492 Å². The number of aromatic nitrogens is 4. The topological polar surface area (TPSA) is 82.1 Å². The summed E-state index contributed by atoms with van der Waals surface area (Å²) in [6.45, 7) is 23.9. The Kier molecular flexibility index (Phi) is 18.2. The van der Waals surface area contributed by atoms with Gasteiger partial charge in [-0.05, 0) is 113 Å². The van der Waals surface area contributed by atoms with Crippen molar-refractivity contribution in [3.63, 3.8) is 0 Å². The standard InChI is InChI=1S/C73H86N6Si3/c1-11-12-13-14-15-16-17-18-19-20-21-22-23-52-24-34-57(35-25-52)78-79-58-36-26-53(27-37-58)70-62-44-46-64(74-62)71(54-28-38-59(39-29-54)80(2,3)4)66-48-50-68(76-66)73(56-32-42-61(43-33-56)82(8,9)10)69-51-49-67(77-69)72(65-47-45-63(70)75-65)55-30-40-60(41-31-55)81(5,6)7/h24-51,74,77H,11-23H2,1-10H3. The van der Waals surface area contributed by atoms with Crippen LogP contribution in [0.5, 0.6) is 0 Å². The Morgan fingerprint density at radius 1 is 0.317 bits per heavy atom. The van der Waals surface area contributed by atoms with Crippen LogP contribution in [0.15, 0.2) is 156 Å². The largest absolute Gasteiger partial charge is 0.354 e. The summed E-state index contributed by atoms with van der Waals surface area (Å²) in [4.78, 5) is 19.2. The fraction of sp³-hybridized carbons (Fsp3) is 0.315. The van der Waals surface area contributed by atoms with Gasteiger partial charge in [-0.25, -0.2) is 9.97 Å². The molecule has 420 valence electrons. The van der Waals surface area contributed by atoms with Crippen molar-refractivity contribution < 1.29 is 0 Å². The molecule has 5 heterocycles. The fourth-order valence-corrected chi connectivity index (χ4v) is 15.0. The van der Waals surface area contributed by atoms with E-state index in [1.54, 1.807) is 0 Å². The van der Waals surface area contributed by atoms with Gasteiger partial charge in [0.1, 0.15) is 0 Å². The maximum absolute atomic E-state index is 5.62. The zero-order chi connectivity index (χ0) is 57.4. The summed E-state index contributed by atoms with van der Waals surface area (Å²) in [5, 5.41) is 13.7. The number of nitrogens with one attached hydrogen (secondary N) is 2. The van der Waals surface area contributed by atoms with E-state index in [0.29, 0.717) is 0 Å². The summed E-state index contributed by atoms with van der Waals surface area (Å²) < 4.78 is 0.